The van der Waals surface area contributed by atoms with Gasteiger partial charge in [0.25, 0.3) is 0 Å². The topological polar surface area (TPSA) is 130 Å². The van der Waals surface area contributed by atoms with Crippen molar-refractivity contribution in [2.24, 2.45) is 5.73 Å². The van der Waals surface area contributed by atoms with Gasteiger partial charge in [0, 0.05) is 12.0 Å². The zero-order valence-electron chi connectivity index (χ0n) is 19.9. The van der Waals surface area contributed by atoms with E-state index in [-0.39, 0.29) is 12.8 Å². The van der Waals surface area contributed by atoms with E-state index >= 15 is 0 Å². The van der Waals surface area contributed by atoms with Gasteiger partial charge in [-0.3, -0.25) is 9.32 Å². The average molecular weight is 466 g/mol. The van der Waals surface area contributed by atoms with E-state index < -0.39 is 25.4 Å². The van der Waals surface area contributed by atoms with Crippen LogP contribution in [-0.4, -0.2) is 32.5 Å². The number of carboxylic acids is 1. The first kappa shape index (κ1) is 30.5. The zero-order valence-corrected chi connectivity index (χ0v) is 20.8. The van der Waals surface area contributed by atoms with Crippen molar-refractivity contribution in [3.63, 3.8) is 0 Å². The highest BCUT2D eigenvalue weighted by atomic mass is 31.2. The monoisotopic (exact) mass is 465 g/mol. The molecular weight excluding hydrogens is 417 g/mol. The number of carbonyl (C=O) groups is 1. The molecule has 186 valence electrons. The fraction of sp³-hybridized carbons (Fsp3) is 0.957. The Morgan fingerprint density at radius 3 is 1.58 bits per heavy atom. The molecule has 0 saturated heterocycles. The van der Waals surface area contributed by atoms with Gasteiger partial charge in [-0.2, -0.15) is 0 Å². The first-order valence-electron chi connectivity index (χ1n) is 12.4. The molecule has 0 radical (unpaired) electrons. The van der Waals surface area contributed by atoms with Crippen molar-refractivity contribution in [3.05, 3.63) is 0 Å². The first-order valence-corrected chi connectivity index (χ1v) is 13.9. The van der Waals surface area contributed by atoms with E-state index in [4.69, 9.17) is 15.4 Å². The Labute approximate surface area is 189 Å². The fourth-order valence-electron chi connectivity index (χ4n) is 4.13. The molecule has 0 heterocycles. The van der Waals surface area contributed by atoms with Gasteiger partial charge >= 0.3 is 13.8 Å². The Balaban J connectivity index is 4.88. The number of hydrogen-bond acceptors (Lipinski definition) is 4. The van der Waals surface area contributed by atoms with Gasteiger partial charge < -0.3 is 20.6 Å². The van der Waals surface area contributed by atoms with Gasteiger partial charge in [0.1, 0.15) is 0 Å². The van der Waals surface area contributed by atoms with Gasteiger partial charge in [0.2, 0.25) is 0 Å². The molecule has 0 rings (SSSR count). The summed E-state index contributed by atoms with van der Waals surface area (Å²) in [6.07, 6.45) is 15.7. The number of unbranched alkanes of at least 4 members (excludes halogenated alkanes) is 12. The molecule has 2 atom stereocenters. The molecule has 0 aliphatic rings. The Morgan fingerprint density at radius 1 is 0.839 bits per heavy atom. The number of nitrogens with two attached hydrogens (primary N) is 1. The normalized spacial score (nSPS) is 15.0. The molecule has 5 N–H and O–H groups in total. The van der Waals surface area contributed by atoms with E-state index in [2.05, 4.69) is 13.8 Å². The van der Waals surface area contributed by atoms with Crippen molar-refractivity contribution >= 4 is 13.8 Å². The molecule has 0 spiro atoms. The highest BCUT2D eigenvalue weighted by Crippen LogP contribution is 2.43. The molecule has 0 fully saturated rings. The summed E-state index contributed by atoms with van der Waals surface area (Å²) >= 11 is 0. The molecule has 0 aromatic carbocycles. The average Bonchev–Trinajstić information content (AvgIpc) is 2.69. The number of rotatable bonds is 22. The van der Waals surface area contributed by atoms with Crippen molar-refractivity contribution in [2.45, 2.75) is 141 Å². The highest BCUT2D eigenvalue weighted by molar-refractivity contribution is 7.46. The summed E-state index contributed by atoms with van der Waals surface area (Å²) in [4.78, 5) is 29.8. The zero-order chi connectivity index (χ0) is 23.6. The van der Waals surface area contributed by atoms with Crippen LogP contribution < -0.4 is 5.73 Å². The van der Waals surface area contributed by atoms with Gasteiger partial charge in [-0.15, -0.1) is 0 Å². The molecule has 0 aromatic heterocycles. The van der Waals surface area contributed by atoms with Crippen LogP contribution in [0, 0.1) is 0 Å². The summed E-state index contributed by atoms with van der Waals surface area (Å²) in [5, 5.41) is 9.07. The van der Waals surface area contributed by atoms with Gasteiger partial charge in [-0.05, 0) is 19.3 Å². The van der Waals surface area contributed by atoms with Crippen LogP contribution in [0.15, 0.2) is 0 Å². The third-order valence-corrected chi connectivity index (χ3v) is 6.55. The van der Waals surface area contributed by atoms with Crippen LogP contribution in [0.3, 0.4) is 0 Å². The number of phosphoric ester groups is 1. The largest absolute Gasteiger partial charge is 0.481 e. The van der Waals surface area contributed by atoms with E-state index in [0.717, 1.165) is 38.5 Å². The van der Waals surface area contributed by atoms with Crippen molar-refractivity contribution in [2.75, 3.05) is 0 Å². The second-order valence-corrected chi connectivity index (χ2v) is 10.2. The number of aliphatic carboxylic acids is 1. The minimum Gasteiger partial charge on any atom is -0.481 e. The van der Waals surface area contributed by atoms with E-state index in [1.165, 1.54) is 51.4 Å². The maximum absolute atomic E-state index is 11.6. The summed E-state index contributed by atoms with van der Waals surface area (Å²) in [7, 11) is -4.77. The minimum atomic E-state index is -4.77. The van der Waals surface area contributed by atoms with Crippen molar-refractivity contribution in [1.29, 1.82) is 0 Å². The molecule has 0 amide bonds. The second-order valence-electron chi connectivity index (χ2n) is 8.99. The smallest absolute Gasteiger partial charge is 0.469 e. The van der Waals surface area contributed by atoms with Crippen LogP contribution in [0.25, 0.3) is 0 Å². The van der Waals surface area contributed by atoms with Crippen LogP contribution in [0.1, 0.15) is 129 Å². The molecule has 2 unspecified atom stereocenters. The SMILES string of the molecule is CCCCCCCCCCC(N)(CCCCCCCC)C(CCC(=O)O)OP(=O)(O)O. The van der Waals surface area contributed by atoms with Crippen LogP contribution >= 0.6 is 7.82 Å². The summed E-state index contributed by atoms with van der Waals surface area (Å²) in [5.41, 5.74) is 5.77. The lowest BCUT2D eigenvalue weighted by molar-refractivity contribution is -0.137. The lowest BCUT2D eigenvalue weighted by atomic mass is 9.80. The summed E-state index contributed by atoms with van der Waals surface area (Å²) in [5.74, 6) is -1.02. The predicted octanol–water partition coefficient (Wildman–Crippen LogP) is 6.31. The standard InChI is InChI=1S/C23H48NO6P/c1-3-5-7-9-11-12-14-16-20-23(24,19-15-13-10-8-6-4-2)21(17-18-22(25)26)30-31(27,28)29/h21H,3-20,24H2,1-2H3,(H,25,26)(H2,27,28,29). The van der Waals surface area contributed by atoms with Crippen molar-refractivity contribution < 1.29 is 28.8 Å². The van der Waals surface area contributed by atoms with Crippen LogP contribution in [0.5, 0.6) is 0 Å². The van der Waals surface area contributed by atoms with Gasteiger partial charge in [0.15, 0.2) is 0 Å². The lowest BCUT2D eigenvalue weighted by Gasteiger charge is -2.37. The fourth-order valence-corrected chi connectivity index (χ4v) is 4.78. The Morgan fingerprint density at radius 2 is 1.23 bits per heavy atom. The predicted molar refractivity (Wildman–Crippen MR) is 126 cm³/mol. The molecule has 0 aliphatic heterocycles. The number of carboxylic acid groups (broad SMARTS) is 1. The number of phosphoric acid groups is 1. The molecule has 7 nitrogen and oxygen atoms in total. The number of hydrogen-bond donors (Lipinski definition) is 4. The quantitative estimate of drug-likeness (QED) is 0.109. The van der Waals surface area contributed by atoms with Crippen LogP contribution in [0.4, 0.5) is 0 Å². The lowest BCUT2D eigenvalue weighted by Crippen LogP contribution is -2.52. The van der Waals surface area contributed by atoms with Crippen molar-refractivity contribution in [3.8, 4) is 0 Å². The molecule has 0 saturated carbocycles. The first-order chi connectivity index (χ1) is 14.6. The summed E-state index contributed by atoms with van der Waals surface area (Å²) in [6, 6.07) is 0. The molecule has 0 aliphatic carbocycles. The molecule has 8 heteroatoms. The maximum atomic E-state index is 11.6. The van der Waals surface area contributed by atoms with Gasteiger partial charge in [-0.1, -0.05) is 104 Å². The van der Waals surface area contributed by atoms with Crippen LogP contribution in [0.2, 0.25) is 0 Å². The van der Waals surface area contributed by atoms with Crippen LogP contribution in [-0.2, 0) is 13.9 Å². The van der Waals surface area contributed by atoms with Crippen molar-refractivity contribution in [1.82, 2.24) is 0 Å². The van der Waals surface area contributed by atoms with E-state index in [9.17, 15) is 19.1 Å². The third kappa shape index (κ3) is 17.7. The van der Waals surface area contributed by atoms with E-state index in [0.29, 0.717) is 12.8 Å². The van der Waals surface area contributed by atoms with E-state index in [1.54, 1.807) is 0 Å². The molecule has 0 bridgehead atoms. The molecule has 0 aromatic rings. The minimum absolute atomic E-state index is 0.00377. The van der Waals surface area contributed by atoms with E-state index in [1.807, 2.05) is 0 Å². The third-order valence-electron chi connectivity index (χ3n) is 6.02. The summed E-state index contributed by atoms with van der Waals surface area (Å²) < 4.78 is 16.6. The maximum Gasteiger partial charge on any atom is 0.469 e. The highest BCUT2D eigenvalue weighted by Gasteiger charge is 2.39. The van der Waals surface area contributed by atoms with Gasteiger partial charge in [0.05, 0.1) is 6.10 Å². The molecular formula is C23H48NO6P. The second kappa shape index (κ2) is 18.0. The summed E-state index contributed by atoms with van der Waals surface area (Å²) in [6.45, 7) is 4.37. The molecule has 31 heavy (non-hydrogen) atoms. The Kier molecular flexibility index (Phi) is 17.8. The Bertz CT molecular complexity index is 498. The Hall–Kier alpha value is -0.460. The van der Waals surface area contributed by atoms with Gasteiger partial charge in [-0.25, -0.2) is 4.57 Å².